The lowest BCUT2D eigenvalue weighted by Crippen LogP contribution is -2.49. The minimum absolute atomic E-state index is 0.134. The van der Waals surface area contributed by atoms with Gasteiger partial charge in [0.2, 0.25) is 0 Å². The maximum Gasteiger partial charge on any atom is 0.292 e. The van der Waals surface area contributed by atoms with Crippen molar-refractivity contribution in [2.75, 3.05) is 44.2 Å². The molecule has 1 unspecified atom stereocenters. The molecular weight excluding hydrogens is 382 g/mol. The summed E-state index contributed by atoms with van der Waals surface area (Å²) < 4.78 is 5.89. The Labute approximate surface area is 175 Å². The van der Waals surface area contributed by atoms with Crippen molar-refractivity contribution in [2.45, 2.75) is 6.10 Å². The number of ether oxygens (including phenoxy) is 1. The van der Waals surface area contributed by atoms with Gasteiger partial charge in [0.25, 0.3) is 5.69 Å². The number of β-amino-alcohol motifs (C(OH)–C–C–N with tert-alkyl or cyclic N) is 1. The van der Waals surface area contributed by atoms with E-state index in [2.05, 4.69) is 4.90 Å². The van der Waals surface area contributed by atoms with Gasteiger partial charge in [-0.3, -0.25) is 15.0 Å². The molecule has 4 rings (SSSR count). The summed E-state index contributed by atoms with van der Waals surface area (Å²) in [6.45, 7) is 3.56. The molecule has 0 saturated carbocycles. The molecule has 156 valence electrons. The first-order valence-corrected chi connectivity index (χ1v) is 10.1. The van der Waals surface area contributed by atoms with E-state index in [1.807, 2.05) is 53.4 Å². The number of nitrogens with zero attached hydrogens (tertiary/aromatic N) is 3. The number of fused-ring (bicyclic) bond motifs is 1. The van der Waals surface area contributed by atoms with Gasteiger partial charge in [-0.1, -0.05) is 48.5 Å². The van der Waals surface area contributed by atoms with Crippen molar-refractivity contribution in [1.29, 1.82) is 0 Å². The van der Waals surface area contributed by atoms with Crippen molar-refractivity contribution in [1.82, 2.24) is 4.90 Å². The highest BCUT2D eigenvalue weighted by molar-refractivity contribution is 5.88. The lowest BCUT2D eigenvalue weighted by molar-refractivity contribution is -0.384. The number of hydrogen-bond donors (Lipinski definition) is 1. The molecule has 3 aromatic carbocycles. The summed E-state index contributed by atoms with van der Waals surface area (Å²) >= 11 is 0. The Morgan fingerprint density at radius 3 is 2.47 bits per heavy atom. The lowest BCUT2D eigenvalue weighted by atomic mass is 10.1. The van der Waals surface area contributed by atoms with Crippen LogP contribution < -0.4 is 9.64 Å². The van der Waals surface area contributed by atoms with Crippen molar-refractivity contribution in [3.05, 3.63) is 76.8 Å². The van der Waals surface area contributed by atoms with Crippen molar-refractivity contribution in [3.8, 4) is 5.75 Å². The average Bonchev–Trinajstić information content (AvgIpc) is 2.78. The Kier molecular flexibility index (Phi) is 6.11. The second-order valence-corrected chi connectivity index (χ2v) is 7.48. The number of aliphatic hydroxyl groups is 1. The van der Waals surface area contributed by atoms with Crippen LogP contribution in [0.5, 0.6) is 5.75 Å². The summed E-state index contributed by atoms with van der Waals surface area (Å²) in [6.07, 6.45) is -0.610. The molecule has 1 saturated heterocycles. The van der Waals surface area contributed by atoms with E-state index in [0.717, 1.165) is 29.6 Å². The van der Waals surface area contributed by atoms with Crippen molar-refractivity contribution < 1.29 is 14.8 Å². The maximum absolute atomic E-state index is 11.3. The summed E-state index contributed by atoms with van der Waals surface area (Å²) in [6, 6.07) is 20.8. The van der Waals surface area contributed by atoms with Gasteiger partial charge >= 0.3 is 0 Å². The number of para-hydroxylation sites is 2. The first-order chi connectivity index (χ1) is 14.6. The molecule has 0 bridgehead atoms. The van der Waals surface area contributed by atoms with Crippen LogP contribution >= 0.6 is 0 Å². The topological polar surface area (TPSA) is 79.1 Å². The van der Waals surface area contributed by atoms with Gasteiger partial charge in [-0.25, -0.2) is 0 Å². The van der Waals surface area contributed by atoms with E-state index in [9.17, 15) is 15.2 Å². The van der Waals surface area contributed by atoms with Gasteiger partial charge in [-0.15, -0.1) is 0 Å². The molecule has 1 aliphatic rings. The molecule has 1 N–H and O–H groups in total. The predicted molar refractivity (Wildman–Crippen MR) is 117 cm³/mol. The zero-order valence-electron chi connectivity index (χ0n) is 16.7. The van der Waals surface area contributed by atoms with Gasteiger partial charge in [0.05, 0.1) is 4.92 Å². The number of nitro benzene ring substituents is 1. The van der Waals surface area contributed by atoms with Crippen molar-refractivity contribution in [3.63, 3.8) is 0 Å². The number of hydrogen-bond acceptors (Lipinski definition) is 6. The molecule has 1 atom stereocenters. The van der Waals surface area contributed by atoms with Gasteiger partial charge in [-0.05, 0) is 17.5 Å². The van der Waals surface area contributed by atoms with E-state index in [0.29, 0.717) is 25.3 Å². The third kappa shape index (κ3) is 4.53. The number of piperazine rings is 1. The molecule has 0 aliphatic carbocycles. The van der Waals surface area contributed by atoms with Crippen LogP contribution in [0.2, 0.25) is 0 Å². The monoisotopic (exact) mass is 407 g/mol. The van der Waals surface area contributed by atoms with Crippen LogP contribution in [0.1, 0.15) is 0 Å². The average molecular weight is 407 g/mol. The highest BCUT2D eigenvalue weighted by atomic mass is 16.6. The third-order valence-corrected chi connectivity index (χ3v) is 5.44. The van der Waals surface area contributed by atoms with Gasteiger partial charge in [0.1, 0.15) is 24.1 Å². The van der Waals surface area contributed by atoms with Gasteiger partial charge in [0.15, 0.2) is 0 Å². The highest BCUT2D eigenvalue weighted by Gasteiger charge is 2.24. The van der Waals surface area contributed by atoms with Crippen LogP contribution in [0.25, 0.3) is 10.8 Å². The Morgan fingerprint density at radius 1 is 0.967 bits per heavy atom. The quantitative estimate of drug-likeness (QED) is 0.478. The minimum atomic E-state index is -0.610. The summed E-state index contributed by atoms with van der Waals surface area (Å²) in [4.78, 5) is 15.1. The standard InChI is InChI=1S/C23H25N3O4/c27-19(17-30-23-11-5-7-18-6-1-2-8-20(18)23)16-24-12-14-25(15-13-24)21-9-3-4-10-22(21)26(28)29/h1-11,19,27H,12-17H2. The molecule has 1 heterocycles. The SMILES string of the molecule is O=[N+]([O-])c1ccccc1N1CCN(CC(O)COc2cccc3ccccc23)CC1. The molecule has 1 fully saturated rings. The summed E-state index contributed by atoms with van der Waals surface area (Å²) in [5.74, 6) is 0.772. The second-order valence-electron chi connectivity index (χ2n) is 7.48. The van der Waals surface area contributed by atoms with E-state index in [-0.39, 0.29) is 17.2 Å². The molecule has 30 heavy (non-hydrogen) atoms. The van der Waals surface area contributed by atoms with Crippen LogP contribution in [-0.4, -0.2) is 60.4 Å². The Hall–Kier alpha value is -3.16. The first kappa shape index (κ1) is 20.1. The Morgan fingerprint density at radius 2 is 1.67 bits per heavy atom. The summed E-state index contributed by atoms with van der Waals surface area (Å²) in [5, 5.41) is 23.9. The fourth-order valence-corrected chi connectivity index (χ4v) is 3.92. The molecule has 3 aromatic rings. The fraction of sp³-hybridized carbons (Fsp3) is 0.304. The molecule has 1 aliphatic heterocycles. The van der Waals surface area contributed by atoms with Crippen molar-refractivity contribution in [2.24, 2.45) is 0 Å². The normalized spacial score (nSPS) is 15.8. The van der Waals surface area contributed by atoms with Crippen LogP contribution in [-0.2, 0) is 0 Å². The van der Waals surface area contributed by atoms with Crippen LogP contribution in [0.15, 0.2) is 66.7 Å². The maximum atomic E-state index is 11.3. The zero-order chi connectivity index (χ0) is 20.9. The number of nitro groups is 1. The molecule has 7 nitrogen and oxygen atoms in total. The largest absolute Gasteiger partial charge is 0.490 e. The van der Waals surface area contributed by atoms with Crippen LogP contribution in [0.4, 0.5) is 11.4 Å². The predicted octanol–water partition coefficient (Wildman–Crippen LogP) is 3.31. The molecular formula is C23H25N3O4. The summed E-state index contributed by atoms with van der Waals surface area (Å²) in [5.41, 5.74) is 0.788. The molecule has 7 heteroatoms. The van der Waals surface area contributed by atoms with Crippen LogP contribution in [0.3, 0.4) is 0 Å². The van der Waals surface area contributed by atoms with E-state index in [1.165, 1.54) is 6.07 Å². The molecule has 0 aromatic heterocycles. The second kappa shape index (κ2) is 9.11. The number of benzene rings is 3. The Balaban J connectivity index is 1.29. The smallest absolute Gasteiger partial charge is 0.292 e. The van der Waals surface area contributed by atoms with E-state index < -0.39 is 6.10 Å². The number of aliphatic hydroxyl groups excluding tert-OH is 1. The minimum Gasteiger partial charge on any atom is -0.490 e. The zero-order valence-corrected chi connectivity index (χ0v) is 16.7. The molecule has 0 spiro atoms. The van der Waals surface area contributed by atoms with Crippen LogP contribution in [0, 0.1) is 10.1 Å². The molecule has 0 amide bonds. The highest BCUT2D eigenvalue weighted by Crippen LogP contribution is 2.28. The third-order valence-electron chi connectivity index (χ3n) is 5.44. The van der Waals surface area contributed by atoms with E-state index >= 15 is 0 Å². The number of anilines is 1. The fourth-order valence-electron chi connectivity index (χ4n) is 3.92. The molecule has 0 radical (unpaired) electrons. The first-order valence-electron chi connectivity index (χ1n) is 10.1. The van der Waals surface area contributed by atoms with E-state index in [1.54, 1.807) is 12.1 Å². The summed E-state index contributed by atoms with van der Waals surface area (Å²) in [7, 11) is 0. The lowest BCUT2D eigenvalue weighted by Gasteiger charge is -2.36. The number of rotatable bonds is 7. The van der Waals surface area contributed by atoms with Crippen molar-refractivity contribution >= 4 is 22.1 Å². The Bertz CT molecular complexity index is 1010. The van der Waals surface area contributed by atoms with Gasteiger partial charge in [-0.2, -0.15) is 0 Å². The van der Waals surface area contributed by atoms with E-state index in [4.69, 9.17) is 4.74 Å². The van der Waals surface area contributed by atoms with Gasteiger partial charge < -0.3 is 14.7 Å². The van der Waals surface area contributed by atoms with Gasteiger partial charge in [0, 0.05) is 44.2 Å².